The van der Waals surface area contributed by atoms with E-state index < -0.39 is 40.7 Å². The van der Waals surface area contributed by atoms with E-state index in [0.717, 1.165) is 6.42 Å². The van der Waals surface area contributed by atoms with Gasteiger partial charge in [0.25, 0.3) is 0 Å². The minimum atomic E-state index is -4.17. The van der Waals surface area contributed by atoms with Gasteiger partial charge in [0.2, 0.25) is 0 Å². The topological polar surface area (TPSA) is 89.9 Å². The third kappa shape index (κ3) is 3.10. The zero-order chi connectivity index (χ0) is 20.2. The Morgan fingerprint density at radius 3 is 1.93 bits per heavy atom. The largest absolute Gasteiger partial charge is 0.477 e. The summed E-state index contributed by atoms with van der Waals surface area (Å²) in [4.78, 5) is 36.4. The molecule has 8 heteroatoms. The van der Waals surface area contributed by atoms with Crippen molar-refractivity contribution in [1.29, 1.82) is 0 Å². The molecule has 0 aromatic heterocycles. The third-order valence-electron chi connectivity index (χ3n) is 6.59. The molecule has 3 atom stereocenters. The van der Waals surface area contributed by atoms with Gasteiger partial charge in [-0.25, -0.2) is 4.79 Å². The van der Waals surface area contributed by atoms with Crippen LogP contribution in [0.4, 0.5) is 8.78 Å². The Morgan fingerprint density at radius 2 is 1.52 bits per heavy atom. The van der Waals surface area contributed by atoms with Crippen LogP contribution >= 0.6 is 0 Å². The lowest BCUT2D eigenvalue weighted by Crippen LogP contribution is -2.59. The molecule has 0 saturated heterocycles. The lowest BCUT2D eigenvalue weighted by molar-refractivity contribution is -0.216. The quantitative estimate of drug-likeness (QED) is 0.704. The number of ether oxygens (including phenoxy) is 2. The van der Waals surface area contributed by atoms with Gasteiger partial charge >= 0.3 is 23.8 Å². The van der Waals surface area contributed by atoms with Crippen molar-refractivity contribution in [2.24, 2.45) is 28.6 Å². The van der Waals surface area contributed by atoms with E-state index in [4.69, 9.17) is 14.6 Å². The summed E-state index contributed by atoms with van der Waals surface area (Å²) in [6.07, 6.45) is 1.35. The van der Waals surface area contributed by atoms with E-state index in [0.29, 0.717) is 25.7 Å². The predicted molar refractivity (Wildman–Crippen MR) is 88.9 cm³/mol. The first-order chi connectivity index (χ1) is 12.5. The van der Waals surface area contributed by atoms with Gasteiger partial charge in [-0.2, -0.15) is 8.78 Å². The monoisotopic (exact) mass is 388 g/mol. The van der Waals surface area contributed by atoms with Crippen LogP contribution in [0.2, 0.25) is 0 Å². The highest BCUT2D eigenvalue weighted by molar-refractivity contribution is 5.83. The van der Waals surface area contributed by atoms with Gasteiger partial charge in [0.05, 0.1) is 17.9 Å². The molecule has 4 fully saturated rings. The molecule has 0 heterocycles. The second-order valence-electron chi connectivity index (χ2n) is 9.01. The van der Waals surface area contributed by atoms with Crippen LogP contribution in [-0.4, -0.2) is 42.2 Å². The molecule has 0 amide bonds. The Balaban J connectivity index is 1.88. The minimum absolute atomic E-state index is 0.149. The van der Waals surface area contributed by atoms with Crippen molar-refractivity contribution in [1.82, 2.24) is 0 Å². The standard InChI is InChI=1S/C19H26F2O6/c1-10(2)13(19(20,21)14(22)23)27-16(25)18-7-11-4-12(8-18)6-17(5-11,9-18)15(24)26-3/h10-13H,4-9H2,1-3H3,(H,22,23). The second-order valence-corrected chi connectivity index (χ2v) is 9.01. The van der Waals surface area contributed by atoms with Crippen LogP contribution in [-0.2, 0) is 23.9 Å². The number of halogens is 2. The van der Waals surface area contributed by atoms with E-state index in [1.54, 1.807) is 0 Å². The van der Waals surface area contributed by atoms with Crippen molar-refractivity contribution in [2.75, 3.05) is 7.11 Å². The first-order valence-corrected chi connectivity index (χ1v) is 9.36. The summed E-state index contributed by atoms with van der Waals surface area (Å²) in [5, 5.41) is 8.85. The van der Waals surface area contributed by atoms with Gasteiger partial charge in [-0.3, -0.25) is 9.59 Å². The summed E-state index contributed by atoms with van der Waals surface area (Å²) >= 11 is 0. The number of rotatable bonds is 6. The number of hydrogen-bond acceptors (Lipinski definition) is 5. The normalized spacial score (nSPS) is 35.8. The number of carbonyl (C=O) groups is 3. The first kappa shape index (κ1) is 20.0. The van der Waals surface area contributed by atoms with Crippen LogP contribution in [0.3, 0.4) is 0 Å². The number of hydrogen-bond donors (Lipinski definition) is 1. The van der Waals surface area contributed by atoms with Gasteiger partial charge in [0.15, 0.2) is 6.10 Å². The smallest absolute Gasteiger partial charge is 0.378 e. The highest BCUT2D eigenvalue weighted by atomic mass is 19.3. The van der Waals surface area contributed by atoms with E-state index >= 15 is 0 Å². The zero-order valence-corrected chi connectivity index (χ0v) is 15.8. The van der Waals surface area contributed by atoms with E-state index in [9.17, 15) is 23.2 Å². The third-order valence-corrected chi connectivity index (χ3v) is 6.59. The maximum absolute atomic E-state index is 14.1. The molecule has 0 radical (unpaired) electrons. The Labute approximate surface area is 156 Å². The average Bonchev–Trinajstić information content (AvgIpc) is 2.56. The molecule has 3 unspecified atom stereocenters. The van der Waals surface area contributed by atoms with Crippen molar-refractivity contribution in [3.63, 3.8) is 0 Å². The fourth-order valence-electron chi connectivity index (χ4n) is 5.95. The summed E-state index contributed by atoms with van der Waals surface area (Å²) in [5.41, 5.74) is -1.78. The molecule has 4 aliphatic carbocycles. The molecule has 152 valence electrons. The number of carboxylic acids is 1. The summed E-state index contributed by atoms with van der Waals surface area (Å²) in [6, 6.07) is 0. The molecule has 4 rings (SSSR count). The van der Waals surface area contributed by atoms with E-state index in [1.165, 1.54) is 21.0 Å². The summed E-state index contributed by atoms with van der Waals surface area (Å²) in [5.74, 6) is -8.22. The lowest BCUT2D eigenvalue weighted by Gasteiger charge is -2.59. The molecule has 4 aliphatic rings. The van der Waals surface area contributed by atoms with Gasteiger partial charge < -0.3 is 14.6 Å². The van der Waals surface area contributed by atoms with Gasteiger partial charge in [-0.15, -0.1) is 0 Å². The van der Waals surface area contributed by atoms with Gasteiger partial charge in [0.1, 0.15) is 0 Å². The molecular weight excluding hydrogens is 362 g/mol. The van der Waals surface area contributed by atoms with E-state index in [-0.39, 0.29) is 24.2 Å². The molecule has 4 bridgehead atoms. The Kier molecular flexibility index (Phi) is 4.75. The number of alkyl halides is 2. The molecule has 6 nitrogen and oxygen atoms in total. The molecule has 0 aliphatic heterocycles. The Morgan fingerprint density at radius 1 is 1.04 bits per heavy atom. The molecule has 0 spiro atoms. The van der Waals surface area contributed by atoms with E-state index in [1.807, 2.05) is 0 Å². The van der Waals surface area contributed by atoms with Crippen LogP contribution < -0.4 is 0 Å². The van der Waals surface area contributed by atoms with Crippen LogP contribution in [0.25, 0.3) is 0 Å². The minimum Gasteiger partial charge on any atom is -0.477 e. The lowest BCUT2D eigenvalue weighted by atomic mass is 9.44. The van der Waals surface area contributed by atoms with Crippen LogP contribution in [0.1, 0.15) is 52.4 Å². The highest BCUT2D eigenvalue weighted by Gasteiger charge is 2.65. The molecule has 1 N–H and O–H groups in total. The van der Waals surface area contributed by atoms with Gasteiger partial charge in [-0.1, -0.05) is 13.8 Å². The predicted octanol–water partition coefficient (Wildman–Crippen LogP) is 3.03. The molecule has 4 saturated carbocycles. The van der Waals surface area contributed by atoms with Crippen molar-refractivity contribution < 1.29 is 37.7 Å². The Hall–Kier alpha value is -1.73. The number of methoxy groups -OCH3 is 1. The van der Waals surface area contributed by atoms with Crippen molar-refractivity contribution in [3.05, 3.63) is 0 Å². The summed E-state index contributed by atoms with van der Waals surface area (Å²) in [6.45, 7) is 2.79. The maximum atomic E-state index is 14.1. The van der Waals surface area contributed by atoms with Crippen LogP contribution in [0.5, 0.6) is 0 Å². The fraction of sp³-hybridized carbons (Fsp3) is 0.842. The molecule has 0 aromatic carbocycles. The highest BCUT2D eigenvalue weighted by Crippen LogP contribution is 2.66. The Bertz CT molecular complexity index is 645. The number of aliphatic carboxylic acids is 1. The first-order valence-electron chi connectivity index (χ1n) is 9.36. The van der Waals surface area contributed by atoms with Gasteiger partial charge in [-0.05, 0) is 56.3 Å². The maximum Gasteiger partial charge on any atom is 0.378 e. The molecular formula is C19H26F2O6. The van der Waals surface area contributed by atoms with E-state index in [2.05, 4.69) is 0 Å². The van der Waals surface area contributed by atoms with Crippen molar-refractivity contribution in [2.45, 2.75) is 64.4 Å². The SMILES string of the molecule is COC(=O)C12CC3CC(C1)CC(C(=O)OC(C(C)C)C(F)(F)C(=O)O)(C3)C2. The molecule has 27 heavy (non-hydrogen) atoms. The second kappa shape index (κ2) is 6.41. The molecule has 0 aromatic rings. The number of esters is 2. The zero-order valence-electron chi connectivity index (χ0n) is 15.8. The number of carbonyl (C=O) groups excluding carboxylic acids is 2. The van der Waals surface area contributed by atoms with Crippen LogP contribution in [0, 0.1) is 28.6 Å². The van der Waals surface area contributed by atoms with Gasteiger partial charge in [0, 0.05) is 0 Å². The van der Waals surface area contributed by atoms with Crippen molar-refractivity contribution in [3.8, 4) is 0 Å². The fourth-order valence-corrected chi connectivity index (χ4v) is 5.95. The number of carboxylic acid groups (broad SMARTS) is 1. The average molecular weight is 388 g/mol. The van der Waals surface area contributed by atoms with Crippen molar-refractivity contribution >= 4 is 17.9 Å². The summed E-state index contributed by atoms with van der Waals surface area (Å²) < 4.78 is 38.3. The van der Waals surface area contributed by atoms with Crippen LogP contribution in [0.15, 0.2) is 0 Å². The summed E-state index contributed by atoms with van der Waals surface area (Å²) in [7, 11) is 1.31.